The Kier molecular flexibility index (Phi) is 4.33. The van der Waals surface area contributed by atoms with Gasteiger partial charge in [0.05, 0.1) is 11.7 Å². The van der Waals surface area contributed by atoms with E-state index >= 15 is 0 Å². The number of hydrogen-bond acceptors (Lipinski definition) is 2. The topological polar surface area (TPSA) is 38.9 Å². The highest BCUT2D eigenvalue weighted by molar-refractivity contribution is 5.32. The number of nitrogens with two attached hydrogens (primary N) is 1. The Labute approximate surface area is 115 Å². The van der Waals surface area contributed by atoms with Crippen molar-refractivity contribution in [2.45, 2.75) is 33.2 Å². The van der Waals surface area contributed by atoms with Gasteiger partial charge in [0, 0.05) is 6.20 Å². The Bertz CT molecular complexity index is 546. The molecular formula is C17H22N2. The molecule has 0 saturated heterocycles. The Morgan fingerprint density at radius 2 is 1.95 bits per heavy atom. The van der Waals surface area contributed by atoms with Crippen molar-refractivity contribution < 1.29 is 0 Å². The maximum Gasteiger partial charge on any atom is 0.0726 e. The van der Waals surface area contributed by atoms with E-state index in [1.54, 1.807) is 0 Å². The summed E-state index contributed by atoms with van der Waals surface area (Å²) >= 11 is 0. The number of pyridine rings is 1. The molecule has 0 aliphatic heterocycles. The van der Waals surface area contributed by atoms with Crippen molar-refractivity contribution in [1.82, 2.24) is 4.98 Å². The minimum atomic E-state index is -0.146. The molecule has 2 heteroatoms. The molecule has 1 atom stereocenters. The largest absolute Gasteiger partial charge is 0.319 e. The fourth-order valence-electron chi connectivity index (χ4n) is 2.29. The minimum Gasteiger partial charge on any atom is -0.319 e. The van der Waals surface area contributed by atoms with Gasteiger partial charge in [-0.2, -0.15) is 0 Å². The molecule has 1 heterocycles. The van der Waals surface area contributed by atoms with Gasteiger partial charge in [-0.1, -0.05) is 38.1 Å². The van der Waals surface area contributed by atoms with E-state index in [-0.39, 0.29) is 6.04 Å². The number of benzene rings is 1. The Morgan fingerprint density at radius 1 is 1.16 bits per heavy atom. The number of hydrogen-bond donors (Lipinski definition) is 1. The lowest BCUT2D eigenvalue weighted by Crippen LogP contribution is -2.14. The third-order valence-corrected chi connectivity index (χ3v) is 3.21. The van der Waals surface area contributed by atoms with E-state index in [0.717, 1.165) is 17.7 Å². The molecule has 0 saturated carbocycles. The van der Waals surface area contributed by atoms with Gasteiger partial charge in [-0.25, -0.2) is 0 Å². The molecule has 0 bridgehead atoms. The van der Waals surface area contributed by atoms with E-state index in [9.17, 15) is 0 Å². The fraction of sp³-hybridized carbons (Fsp3) is 0.353. The van der Waals surface area contributed by atoms with Crippen LogP contribution in [0.15, 0.2) is 42.6 Å². The highest BCUT2D eigenvalue weighted by atomic mass is 14.8. The van der Waals surface area contributed by atoms with Crippen LogP contribution in [-0.2, 0) is 6.42 Å². The molecule has 0 aliphatic carbocycles. The predicted molar refractivity (Wildman–Crippen MR) is 80.0 cm³/mol. The summed E-state index contributed by atoms with van der Waals surface area (Å²) in [7, 11) is 0. The summed E-state index contributed by atoms with van der Waals surface area (Å²) in [4.78, 5) is 4.38. The van der Waals surface area contributed by atoms with E-state index < -0.39 is 0 Å². The fourth-order valence-corrected chi connectivity index (χ4v) is 2.29. The molecule has 1 aromatic carbocycles. The Balaban J connectivity index is 2.26. The average molecular weight is 254 g/mol. The smallest absolute Gasteiger partial charge is 0.0726 e. The van der Waals surface area contributed by atoms with Crippen LogP contribution in [0.1, 0.15) is 42.3 Å². The highest BCUT2D eigenvalue weighted by Crippen LogP contribution is 2.20. The van der Waals surface area contributed by atoms with Crippen LogP contribution in [-0.4, -0.2) is 4.98 Å². The van der Waals surface area contributed by atoms with Gasteiger partial charge in [0.1, 0.15) is 0 Å². The van der Waals surface area contributed by atoms with Crippen LogP contribution in [0.2, 0.25) is 0 Å². The van der Waals surface area contributed by atoms with Gasteiger partial charge >= 0.3 is 0 Å². The maximum absolute atomic E-state index is 6.32. The number of rotatable bonds is 4. The third kappa shape index (κ3) is 3.65. The number of nitrogens with zero attached hydrogens (tertiary/aromatic N) is 1. The third-order valence-electron chi connectivity index (χ3n) is 3.21. The van der Waals surface area contributed by atoms with Gasteiger partial charge in [-0.3, -0.25) is 4.98 Å². The summed E-state index contributed by atoms with van der Waals surface area (Å²) in [6, 6.07) is 12.4. The predicted octanol–water partition coefficient (Wildman–Crippen LogP) is 3.64. The van der Waals surface area contributed by atoms with Gasteiger partial charge in [0.2, 0.25) is 0 Å². The summed E-state index contributed by atoms with van der Waals surface area (Å²) in [5.41, 5.74) is 10.9. The molecule has 100 valence electrons. The summed E-state index contributed by atoms with van der Waals surface area (Å²) in [5, 5.41) is 0. The van der Waals surface area contributed by atoms with Crippen LogP contribution in [0.3, 0.4) is 0 Å². The zero-order valence-corrected chi connectivity index (χ0v) is 11.9. The van der Waals surface area contributed by atoms with Crippen molar-refractivity contribution in [3.05, 3.63) is 65.0 Å². The molecule has 2 aromatic rings. The molecule has 1 aromatic heterocycles. The van der Waals surface area contributed by atoms with Crippen molar-refractivity contribution in [2.24, 2.45) is 11.7 Å². The van der Waals surface area contributed by atoms with E-state index in [1.165, 1.54) is 11.1 Å². The second-order valence-corrected chi connectivity index (χ2v) is 5.58. The molecule has 0 aliphatic rings. The van der Waals surface area contributed by atoms with E-state index in [4.69, 9.17) is 5.73 Å². The van der Waals surface area contributed by atoms with Crippen LogP contribution in [0.5, 0.6) is 0 Å². The molecular weight excluding hydrogens is 232 g/mol. The molecule has 0 amide bonds. The quantitative estimate of drug-likeness (QED) is 0.904. The van der Waals surface area contributed by atoms with Crippen molar-refractivity contribution in [3.8, 4) is 0 Å². The summed E-state index contributed by atoms with van der Waals surface area (Å²) < 4.78 is 0. The molecule has 2 N–H and O–H groups in total. The lowest BCUT2D eigenvalue weighted by molar-refractivity contribution is 0.646. The number of aryl methyl sites for hydroxylation is 1. The Hall–Kier alpha value is -1.67. The highest BCUT2D eigenvalue weighted by Gasteiger charge is 2.11. The summed E-state index contributed by atoms with van der Waals surface area (Å²) in [6.07, 6.45) is 2.91. The average Bonchev–Trinajstić information content (AvgIpc) is 2.37. The first-order valence-electron chi connectivity index (χ1n) is 6.83. The van der Waals surface area contributed by atoms with Crippen LogP contribution in [0.4, 0.5) is 0 Å². The van der Waals surface area contributed by atoms with Gasteiger partial charge in [-0.05, 0) is 48.1 Å². The molecule has 0 radical (unpaired) electrons. The zero-order chi connectivity index (χ0) is 13.8. The van der Waals surface area contributed by atoms with E-state index in [2.05, 4.69) is 56.1 Å². The number of aromatic nitrogens is 1. The van der Waals surface area contributed by atoms with Gasteiger partial charge in [-0.15, -0.1) is 0 Å². The van der Waals surface area contributed by atoms with Crippen molar-refractivity contribution in [3.63, 3.8) is 0 Å². The maximum atomic E-state index is 6.32. The minimum absolute atomic E-state index is 0.146. The van der Waals surface area contributed by atoms with Crippen LogP contribution in [0.25, 0.3) is 0 Å². The van der Waals surface area contributed by atoms with Gasteiger partial charge in [0.15, 0.2) is 0 Å². The lowest BCUT2D eigenvalue weighted by Gasteiger charge is -2.14. The second-order valence-electron chi connectivity index (χ2n) is 5.58. The van der Waals surface area contributed by atoms with E-state index in [0.29, 0.717) is 5.92 Å². The first-order chi connectivity index (χ1) is 9.06. The molecule has 0 fully saturated rings. The van der Waals surface area contributed by atoms with Crippen LogP contribution < -0.4 is 5.73 Å². The first-order valence-corrected chi connectivity index (χ1v) is 6.83. The molecule has 2 rings (SSSR count). The normalized spacial score (nSPS) is 12.7. The van der Waals surface area contributed by atoms with Crippen LogP contribution >= 0.6 is 0 Å². The first kappa shape index (κ1) is 13.8. The summed E-state index contributed by atoms with van der Waals surface area (Å²) in [5.74, 6) is 0.656. The zero-order valence-electron chi connectivity index (χ0n) is 11.9. The van der Waals surface area contributed by atoms with E-state index in [1.807, 2.05) is 12.3 Å². The van der Waals surface area contributed by atoms with Gasteiger partial charge in [0.25, 0.3) is 0 Å². The molecule has 19 heavy (non-hydrogen) atoms. The SMILES string of the molecule is Cc1ccnc(C(N)c2cccc(CC(C)C)c2)c1. The van der Waals surface area contributed by atoms with Crippen molar-refractivity contribution in [2.75, 3.05) is 0 Å². The van der Waals surface area contributed by atoms with Crippen molar-refractivity contribution in [1.29, 1.82) is 0 Å². The molecule has 0 spiro atoms. The van der Waals surface area contributed by atoms with Crippen LogP contribution in [0, 0.1) is 12.8 Å². The standard InChI is InChI=1S/C17H22N2/c1-12(2)9-14-5-4-6-15(11-14)17(18)16-10-13(3)7-8-19-16/h4-8,10-12,17H,9,18H2,1-3H3. The monoisotopic (exact) mass is 254 g/mol. The second kappa shape index (κ2) is 5.98. The lowest BCUT2D eigenvalue weighted by atomic mass is 9.97. The van der Waals surface area contributed by atoms with Gasteiger partial charge < -0.3 is 5.73 Å². The Morgan fingerprint density at radius 3 is 2.63 bits per heavy atom. The molecule has 2 nitrogen and oxygen atoms in total. The van der Waals surface area contributed by atoms with Crippen molar-refractivity contribution >= 4 is 0 Å². The summed E-state index contributed by atoms with van der Waals surface area (Å²) in [6.45, 7) is 6.52. The molecule has 1 unspecified atom stereocenters.